The van der Waals surface area contributed by atoms with Crippen LogP contribution in [0, 0.1) is 5.92 Å². The largest absolute Gasteiger partial charge is 0.330 e. The van der Waals surface area contributed by atoms with E-state index in [0.29, 0.717) is 0 Å². The topological polar surface area (TPSA) is 40.6 Å². The molecule has 2 atom stereocenters. The van der Waals surface area contributed by atoms with Crippen molar-refractivity contribution in [1.29, 1.82) is 0 Å². The van der Waals surface area contributed by atoms with Gasteiger partial charge in [0.25, 0.3) is 0 Å². The van der Waals surface area contributed by atoms with Crippen LogP contribution in [-0.2, 0) is 4.79 Å². The summed E-state index contributed by atoms with van der Waals surface area (Å²) in [6.07, 6.45) is 2.01. The van der Waals surface area contributed by atoms with E-state index in [2.05, 4.69) is 13.8 Å². The van der Waals surface area contributed by atoms with Gasteiger partial charge in [0.2, 0.25) is 5.91 Å². The Kier molecular flexibility index (Phi) is 3.57. The molecule has 0 aromatic rings. The van der Waals surface area contributed by atoms with Crippen LogP contribution in [0.2, 0.25) is 0 Å². The molecule has 0 aromatic carbocycles. The van der Waals surface area contributed by atoms with E-state index >= 15 is 0 Å². The first-order valence-corrected chi connectivity index (χ1v) is 6.56. The van der Waals surface area contributed by atoms with Crippen LogP contribution in [0.4, 0.5) is 4.79 Å². The number of carbonyl (C=O) groups is 2. The summed E-state index contributed by atoms with van der Waals surface area (Å²) in [5.41, 5.74) is 0. The Labute approximate surface area is 101 Å². The average Bonchev–Trinajstić information content (AvgIpc) is 2.22. The lowest BCUT2D eigenvalue weighted by atomic mass is 9.81. The van der Waals surface area contributed by atoms with E-state index in [1.54, 1.807) is 25.9 Å². The Balaban J connectivity index is 2.93. The maximum Gasteiger partial charge on any atom is 0.326 e. The number of thioether (sulfide) groups is 1. The molecule has 0 aliphatic carbocycles. The molecule has 0 aromatic heterocycles. The Hall–Kier alpha value is -0.710. The Morgan fingerprint density at radius 2 is 1.94 bits per heavy atom. The van der Waals surface area contributed by atoms with Crippen molar-refractivity contribution in [2.24, 2.45) is 5.92 Å². The number of hydrogen-bond acceptors (Lipinski definition) is 3. The summed E-state index contributed by atoms with van der Waals surface area (Å²) >= 11 is 1.69. The molecular formula is C11H20N2O2S. The van der Waals surface area contributed by atoms with Crippen molar-refractivity contribution in [3.63, 3.8) is 0 Å². The highest BCUT2D eigenvalue weighted by molar-refractivity contribution is 8.00. The zero-order chi connectivity index (χ0) is 12.7. The maximum atomic E-state index is 11.9. The van der Waals surface area contributed by atoms with Gasteiger partial charge in [-0.15, -0.1) is 0 Å². The smallest absolute Gasteiger partial charge is 0.326 e. The number of imide groups is 1. The minimum Gasteiger partial charge on any atom is -0.330 e. The van der Waals surface area contributed by atoms with Gasteiger partial charge in [0.15, 0.2) is 0 Å². The summed E-state index contributed by atoms with van der Waals surface area (Å²) < 4.78 is -0.0982. The average molecular weight is 244 g/mol. The summed E-state index contributed by atoms with van der Waals surface area (Å²) in [4.78, 5) is 26.5. The summed E-state index contributed by atoms with van der Waals surface area (Å²) in [5, 5.41) is 0. The molecule has 5 heteroatoms. The summed E-state index contributed by atoms with van der Waals surface area (Å²) in [5.74, 6) is -0.128. The van der Waals surface area contributed by atoms with Gasteiger partial charge in [-0.3, -0.25) is 9.69 Å². The molecule has 1 saturated heterocycles. The van der Waals surface area contributed by atoms with Crippen molar-refractivity contribution in [2.75, 3.05) is 20.4 Å². The van der Waals surface area contributed by atoms with E-state index < -0.39 is 0 Å². The Morgan fingerprint density at radius 3 is 2.31 bits per heavy atom. The van der Waals surface area contributed by atoms with Gasteiger partial charge in [0.1, 0.15) is 0 Å². The van der Waals surface area contributed by atoms with E-state index in [9.17, 15) is 9.59 Å². The van der Waals surface area contributed by atoms with Gasteiger partial charge >= 0.3 is 6.03 Å². The van der Waals surface area contributed by atoms with Gasteiger partial charge in [-0.05, 0) is 20.1 Å². The van der Waals surface area contributed by atoms with Gasteiger partial charge in [-0.1, -0.05) is 6.92 Å². The fourth-order valence-electron chi connectivity index (χ4n) is 2.10. The lowest BCUT2D eigenvalue weighted by Gasteiger charge is -2.51. The first kappa shape index (κ1) is 13.4. The molecule has 0 unspecified atom stereocenters. The molecule has 1 aliphatic heterocycles. The van der Waals surface area contributed by atoms with Crippen molar-refractivity contribution in [2.45, 2.75) is 31.6 Å². The fourth-order valence-corrected chi connectivity index (χ4v) is 2.65. The van der Waals surface area contributed by atoms with E-state index in [1.807, 2.05) is 13.2 Å². The Bertz CT molecular complexity index is 315. The van der Waals surface area contributed by atoms with Crippen LogP contribution in [-0.4, -0.2) is 52.9 Å². The zero-order valence-electron chi connectivity index (χ0n) is 10.8. The number of urea groups is 1. The predicted molar refractivity (Wildman–Crippen MR) is 66.5 cm³/mol. The van der Waals surface area contributed by atoms with E-state index in [4.69, 9.17) is 0 Å². The monoisotopic (exact) mass is 244 g/mol. The highest BCUT2D eigenvalue weighted by atomic mass is 32.2. The van der Waals surface area contributed by atoms with Gasteiger partial charge in [-0.2, -0.15) is 11.8 Å². The lowest BCUT2D eigenvalue weighted by Crippen LogP contribution is -2.69. The summed E-state index contributed by atoms with van der Waals surface area (Å²) in [6, 6.07) is -0.222. The third kappa shape index (κ3) is 1.93. The molecule has 1 rings (SSSR count). The second kappa shape index (κ2) is 4.28. The minimum absolute atomic E-state index is 0.00935. The normalized spacial score (nSPS) is 25.4. The first-order valence-electron chi connectivity index (χ1n) is 5.33. The Morgan fingerprint density at radius 1 is 1.44 bits per heavy atom. The minimum atomic E-state index is -0.213. The molecule has 1 heterocycles. The van der Waals surface area contributed by atoms with Crippen LogP contribution >= 0.6 is 11.8 Å². The van der Waals surface area contributed by atoms with Crippen molar-refractivity contribution >= 4 is 23.7 Å². The predicted octanol–water partition coefficient (Wildman–Crippen LogP) is 1.66. The van der Waals surface area contributed by atoms with Crippen LogP contribution in [0.25, 0.3) is 0 Å². The molecule has 92 valence electrons. The van der Waals surface area contributed by atoms with Crippen molar-refractivity contribution in [3.8, 4) is 0 Å². The van der Waals surface area contributed by atoms with E-state index in [0.717, 1.165) is 0 Å². The number of nitrogens with zero attached hydrogens (tertiary/aromatic N) is 2. The van der Waals surface area contributed by atoms with Gasteiger partial charge < -0.3 is 4.90 Å². The van der Waals surface area contributed by atoms with Gasteiger partial charge in [-0.25, -0.2) is 4.79 Å². The molecule has 1 fully saturated rings. The van der Waals surface area contributed by atoms with Gasteiger partial charge in [0, 0.05) is 18.8 Å². The molecule has 0 spiro atoms. The van der Waals surface area contributed by atoms with Crippen molar-refractivity contribution in [3.05, 3.63) is 0 Å². The summed E-state index contributed by atoms with van der Waals surface area (Å²) in [7, 11) is 3.34. The zero-order valence-corrected chi connectivity index (χ0v) is 11.6. The summed E-state index contributed by atoms with van der Waals surface area (Å²) in [6.45, 7) is 6.03. The number of likely N-dealkylation sites (tertiary alicyclic amines) is 1. The molecule has 3 amide bonds. The second-order valence-electron chi connectivity index (χ2n) is 4.93. The number of β-lactam (4-membered cyclic amide) rings is 1. The second-order valence-corrected chi connectivity index (χ2v) is 6.39. The molecule has 4 nitrogen and oxygen atoms in total. The fraction of sp³-hybridized carbons (Fsp3) is 0.818. The van der Waals surface area contributed by atoms with E-state index in [-0.39, 0.29) is 28.6 Å². The van der Waals surface area contributed by atoms with Crippen LogP contribution < -0.4 is 0 Å². The molecule has 0 bridgehead atoms. The highest BCUT2D eigenvalue weighted by Crippen LogP contribution is 2.41. The molecule has 0 N–H and O–H groups in total. The van der Waals surface area contributed by atoms with Crippen LogP contribution in [0.5, 0.6) is 0 Å². The third-order valence-electron chi connectivity index (χ3n) is 3.21. The molecule has 0 radical (unpaired) electrons. The quantitative estimate of drug-likeness (QED) is 0.694. The molecular weight excluding hydrogens is 224 g/mol. The molecule has 0 saturated carbocycles. The number of carbonyl (C=O) groups excluding carboxylic acids is 2. The van der Waals surface area contributed by atoms with Crippen LogP contribution in [0.15, 0.2) is 0 Å². The van der Waals surface area contributed by atoms with Gasteiger partial charge in [0.05, 0.1) is 12.0 Å². The molecule has 1 aliphatic rings. The van der Waals surface area contributed by atoms with Crippen LogP contribution in [0.1, 0.15) is 20.8 Å². The first-order chi connectivity index (χ1) is 7.24. The van der Waals surface area contributed by atoms with Crippen molar-refractivity contribution < 1.29 is 9.59 Å². The SMILES string of the molecule is CSC(C)(C)[C@H]1[C@H](C)C(=O)N1C(=O)N(C)C. The number of amides is 3. The standard InChI is InChI=1S/C11H20N2O2S/c1-7-8(11(2,3)16-6)13(9(7)14)10(15)12(4)5/h7-8H,1-6H3/t7-,8+/m0/s1. The van der Waals surface area contributed by atoms with Crippen LogP contribution in [0.3, 0.4) is 0 Å². The van der Waals surface area contributed by atoms with Crippen molar-refractivity contribution in [1.82, 2.24) is 9.80 Å². The van der Waals surface area contributed by atoms with E-state index in [1.165, 1.54) is 9.80 Å². The maximum absolute atomic E-state index is 11.9. The lowest BCUT2D eigenvalue weighted by molar-refractivity contribution is -0.151. The highest BCUT2D eigenvalue weighted by Gasteiger charge is 2.54. The molecule has 16 heavy (non-hydrogen) atoms. The number of hydrogen-bond donors (Lipinski definition) is 0. The third-order valence-corrected chi connectivity index (χ3v) is 4.50. The number of rotatable bonds is 2.